The summed E-state index contributed by atoms with van der Waals surface area (Å²) in [5, 5.41) is 7.38. The van der Waals surface area contributed by atoms with Gasteiger partial charge in [0.2, 0.25) is 5.91 Å². The highest BCUT2D eigenvalue weighted by Gasteiger charge is 2.13. The predicted molar refractivity (Wildman–Crippen MR) is 121 cm³/mol. The quantitative estimate of drug-likeness (QED) is 0.204. The molecule has 0 fully saturated rings. The molecule has 168 valence electrons. The molecule has 0 spiro atoms. The van der Waals surface area contributed by atoms with Crippen LogP contribution in [0.1, 0.15) is 41.8 Å². The van der Waals surface area contributed by atoms with Crippen LogP contribution < -0.4 is 10.5 Å². The van der Waals surface area contributed by atoms with Crippen LogP contribution in [-0.2, 0) is 14.3 Å². The lowest BCUT2D eigenvalue weighted by atomic mass is 10.1. The van der Waals surface area contributed by atoms with Crippen LogP contribution in [0.25, 0.3) is 6.08 Å². The summed E-state index contributed by atoms with van der Waals surface area (Å²) < 4.78 is 10.2. The molecule has 3 N–H and O–H groups in total. The van der Waals surface area contributed by atoms with Gasteiger partial charge < -0.3 is 20.1 Å². The number of nitrogens with zero attached hydrogens (tertiary/aromatic N) is 1. The smallest absolute Gasteiger partial charge is 0.343 e. The normalized spacial score (nSPS) is 10.9. The molecule has 0 saturated heterocycles. The average Bonchev–Trinajstić information content (AvgIpc) is 2.77. The van der Waals surface area contributed by atoms with Crippen LogP contribution in [0.4, 0.5) is 0 Å². The maximum absolute atomic E-state index is 12.5. The zero-order valence-corrected chi connectivity index (χ0v) is 18.4. The first kappa shape index (κ1) is 24.3. The highest BCUT2D eigenvalue weighted by molar-refractivity contribution is 5.97. The van der Waals surface area contributed by atoms with E-state index in [4.69, 9.17) is 20.6 Å². The molecule has 0 aliphatic heterocycles. The monoisotopic (exact) mass is 437 g/mol. The van der Waals surface area contributed by atoms with Gasteiger partial charge in [-0.05, 0) is 61.9 Å². The molecule has 0 aliphatic rings. The summed E-state index contributed by atoms with van der Waals surface area (Å²) >= 11 is 0. The number of rotatable bonds is 9. The number of carbonyl (C=O) groups is 3. The maximum atomic E-state index is 12.5. The first-order valence-electron chi connectivity index (χ1n) is 10.1. The molecule has 0 heterocycles. The van der Waals surface area contributed by atoms with Crippen LogP contribution in [0, 0.1) is 5.41 Å². The number of ether oxygens (including phenoxy) is 2. The molecule has 2 aromatic rings. The number of likely N-dealkylation sites (N-methyl/N-ethyl adjacent to an activating group) is 1. The minimum Gasteiger partial charge on any atom is -0.466 e. The lowest BCUT2D eigenvalue weighted by Gasteiger charge is -2.17. The van der Waals surface area contributed by atoms with E-state index in [9.17, 15) is 14.4 Å². The van der Waals surface area contributed by atoms with Gasteiger partial charge in [-0.3, -0.25) is 15.0 Å². The van der Waals surface area contributed by atoms with Crippen LogP contribution in [0.2, 0.25) is 0 Å². The number of hydrogen-bond donors (Lipinski definition) is 2. The third-order valence-corrected chi connectivity index (χ3v) is 4.55. The first-order chi connectivity index (χ1) is 15.2. The van der Waals surface area contributed by atoms with Crippen molar-refractivity contribution in [3.63, 3.8) is 0 Å². The summed E-state index contributed by atoms with van der Waals surface area (Å²) in [4.78, 5) is 37.7. The Bertz CT molecular complexity index is 1010. The Morgan fingerprint density at radius 3 is 2.19 bits per heavy atom. The van der Waals surface area contributed by atoms with E-state index in [1.54, 1.807) is 75.5 Å². The van der Waals surface area contributed by atoms with Crippen molar-refractivity contribution in [2.45, 2.75) is 20.3 Å². The summed E-state index contributed by atoms with van der Waals surface area (Å²) in [7, 11) is 1.63. The van der Waals surface area contributed by atoms with Crippen LogP contribution in [0.15, 0.2) is 54.1 Å². The van der Waals surface area contributed by atoms with Crippen molar-refractivity contribution in [2.75, 3.05) is 20.2 Å². The Kier molecular flexibility index (Phi) is 8.71. The minimum atomic E-state index is -0.525. The van der Waals surface area contributed by atoms with Crippen molar-refractivity contribution in [2.24, 2.45) is 5.73 Å². The van der Waals surface area contributed by atoms with Crippen LogP contribution in [0.3, 0.4) is 0 Å². The second kappa shape index (κ2) is 11.5. The number of carbonyl (C=O) groups excluding carboxylic acids is 3. The van der Waals surface area contributed by atoms with Crippen molar-refractivity contribution in [1.82, 2.24) is 4.90 Å². The van der Waals surface area contributed by atoms with Gasteiger partial charge >= 0.3 is 11.9 Å². The van der Waals surface area contributed by atoms with Crippen molar-refractivity contribution in [3.8, 4) is 5.75 Å². The number of esters is 2. The summed E-state index contributed by atoms with van der Waals surface area (Å²) in [6, 6.07) is 13.0. The first-order valence-corrected chi connectivity index (χ1v) is 10.1. The molecule has 0 atom stereocenters. The highest BCUT2D eigenvalue weighted by atomic mass is 16.5. The van der Waals surface area contributed by atoms with Gasteiger partial charge in [0, 0.05) is 24.7 Å². The van der Waals surface area contributed by atoms with E-state index in [0.717, 1.165) is 5.56 Å². The molecule has 0 aliphatic carbocycles. The molecular formula is C24H27N3O5. The van der Waals surface area contributed by atoms with E-state index in [2.05, 4.69) is 0 Å². The van der Waals surface area contributed by atoms with Crippen molar-refractivity contribution in [3.05, 3.63) is 70.8 Å². The molecule has 2 aromatic carbocycles. The topological polar surface area (TPSA) is 123 Å². The lowest BCUT2D eigenvalue weighted by Crippen LogP contribution is -2.29. The number of benzene rings is 2. The van der Waals surface area contributed by atoms with E-state index in [0.29, 0.717) is 29.1 Å². The fourth-order valence-electron chi connectivity index (χ4n) is 2.79. The van der Waals surface area contributed by atoms with Crippen molar-refractivity contribution < 1.29 is 23.9 Å². The van der Waals surface area contributed by atoms with E-state index >= 15 is 0 Å². The second-order valence-electron chi connectivity index (χ2n) is 7.06. The van der Waals surface area contributed by atoms with Crippen molar-refractivity contribution >= 4 is 29.8 Å². The van der Waals surface area contributed by atoms with Gasteiger partial charge in [0.25, 0.3) is 0 Å². The van der Waals surface area contributed by atoms with Gasteiger partial charge in [-0.1, -0.05) is 12.1 Å². The molecular weight excluding hydrogens is 410 g/mol. The maximum Gasteiger partial charge on any atom is 0.343 e. The van der Waals surface area contributed by atoms with Crippen molar-refractivity contribution in [1.29, 1.82) is 5.41 Å². The fraction of sp³-hybridized carbons (Fsp3) is 0.250. The SMILES string of the molecule is CCOC(=O)CCN(C)C(=O)C(C)=Cc1ccc(C(=O)Oc2ccc(C(=N)N)cc2)cc1. The second-order valence-corrected chi connectivity index (χ2v) is 7.06. The van der Waals surface area contributed by atoms with Crippen LogP contribution in [-0.4, -0.2) is 48.8 Å². The molecule has 0 radical (unpaired) electrons. The summed E-state index contributed by atoms with van der Waals surface area (Å²) in [6.07, 6.45) is 1.84. The highest BCUT2D eigenvalue weighted by Crippen LogP contribution is 2.16. The van der Waals surface area contributed by atoms with Gasteiger partial charge in [-0.15, -0.1) is 0 Å². The third kappa shape index (κ3) is 7.09. The molecule has 0 unspecified atom stereocenters. The summed E-state index contributed by atoms with van der Waals surface area (Å²) in [5.74, 6) is -0.790. The van der Waals surface area contributed by atoms with Gasteiger partial charge in [0.05, 0.1) is 18.6 Å². The number of amides is 1. The number of nitrogens with two attached hydrogens (primary N) is 1. The van der Waals surface area contributed by atoms with E-state index in [1.165, 1.54) is 4.90 Å². The molecule has 2 rings (SSSR count). The summed E-state index contributed by atoms with van der Waals surface area (Å²) in [6.45, 7) is 4.00. The number of hydrogen-bond acceptors (Lipinski definition) is 6. The zero-order chi connectivity index (χ0) is 23.7. The lowest BCUT2D eigenvalue weighted by molar-refractivity contribution is -0.143. The molecule has 8 heteroatoms. The Balaban J connectivity index is 1.97. The van der Waals surface area contributed by atoms with Crippen LogP contribution >= 0.6 is 0 Å². The van der Waals surface area contributed by atoms with Crippen LogP contribution in [0.5, 0.6) is 5.75 Å². The Morgan fingerprint density at radius 1 is 1.03 bits per heavy atom. The standard InChI is InChI=1S/C24H27N3O5/c1-4-31-21(28)13-14-27(3)23(29)16(2)15-17-5-7-19(8-6-17)24(30)32-20-11-9-18(10-12-20)22(25)26/h5-12,15H,4,13-14H2,1-3H3,(H3,25,26). The van der Waals surface area contributed by atoms with E-state index in [1.807, 2.05) is 0 Å². The third-order valence-electron chi connectivity index (χ3n) is 4.55. The fourth-order valence-corrected chi connectivity index (χ4v) is 2.79. The van der Waals surface area contributed by atoms with E-state index < -0.39 is 5.97 Å². The Labute approximate surface area is 187 Å². The molecule has 0 bridgehead atoms. The molecule has 0 saturated carbocycles. The average molecular weight is 437 g/mol. The molecule has 0 aromatic heterocycles. The molecule has 1 amide bonds. The molecule has 32 heavy (non-hydrogen) atoms. The van der Waals surface area contributed by atoms with E-state index in [-0.39, 0.29) is 30.7 Å². The van der Waals surface area contributed by atoms with Gasteiger partial charge in [-0.25, -0.2) is 4.79 Å². The van der Waals surface area contributed by atoms with Gasteiger partial charge in [0.15, 0.2) is 0 Å². The van der Waals surface area contributed by atoms with Gasteiger partial charge in [0.1, 0.15) is 11.6 Å². The minimum absolute atomic E-state index is 0.0644. The van der Waals surface area contributed by atoms with Gasteiger partial charge in [-0.2, -0.15) is 0 Å². The molecule has 8 nitrogen and oxygen atoms in total. The largest absolute Gasteiger partial charge is 0.466 e. The Morgan fingerprint density at radius 2 is 1.62 bits per heavy atom. The predicted octanol–water partition coefficient (Wildman–Crippen LogP) is 3.00. The zero-order valence-electron chi connectivity index (χ0n) is 18.4. The summed E-state index contributed by atoms with van der Waals surface area (Å²) in [5.41, 5.74) is 7.55. The Hall–Kier alpha value is -3.94. The number of nitrogens with one attached hydrogen (secondary N) is 1. The number of nitrogen functional groups attached to an aromatic ring is 1. The number of amidine groups is 1.